The minimum atomic E-state index is -0.281. The molecular weight excluding hydrogens is 231 g/mol. The summed E-state index contributed by atoms with van der Waals surface area (Å²) in [5.74, 6) is 0.724. The fourth-order valence-electron chi connectivity index (χ4n) is 2.96. The van der Waals surface area contributed by atoms with Crippen molar-refractivity contribution in [2.24, 2.45) is 11.8 Å². The zero-order valence-electron chi connectivity index (χ0n) is 10.9. The van der Waals surface area contributed by atoms with Gasteiger partial charge in [0.1, 0.15) is 0 Å². The Bertz CT molecular complexity index is 386. The summed E-state index contributed by atoms with van der Waals surface area (Å²) in [5.41, 5.74) is 0.653. The van der Waals surface area contributed by atoms with Crippen LogP contribution in [0.25, 0.3) is 0 Å². The maximum atomic E-state index is 14.0. The van der Waals surface area contributed by atoms with Crippen LogP contribution in [0.1, 0.15) is 31.2 Å². The summed E-state index contributed by atoms with van der Waals surface area (Å²) in [4.78, 5) is 0. The van der Waals surface area contributed by atoms with E-state index in [-0.39, 0.29) is 24.1 Å². The zero-order chi connectivity index (χ0) is 13.0. The lowest BCUT2D eigenvalue weighted by Gasteiger charge is -2.21. The van der Waals surface area contributed by atoms with E-state index in [4.69, 9.17) is 4.74 Å². The van der Waals surface area contributed by atoms with Crippen LogP contribution in [-0.4, -0.2) is 18.8 Å². The van der Waals surface area contributed by atoms with Gasteiger partial charge in [-0.25, -0.2) is 4.39 Å². The molecule has 0 radical (unpaired) electrons. The fourth-order valence-corrected chi connectivity index (χ4v) is 2.96. The first-order valence-electron chi connectivity index (χ1n) is 6.68. The van der Waals surface area contributed by atoms with Crippen molar-refractivity contribution in [1.82, 2.24) is 0 Å². The molecule has 1 atom stereocenters. The first-order chi connectivity index (χ1) is 8.76. The van der Waals surface area contributed by atoms with E-state index < -0.39 is 0 Å². The van der Waals surface area contributed by atoms with Crippen LogP contribution in [0.5, 0.6) is 5.75 Å². The number of ether oxygens (including phenoxy) is 1. The summed E-state index contributed by atoms with van der Waals surface area (Å²) in [6.45, 7) is 0.140. The van der Waals surface area contributed by atoms with Crippen LogP contribution in [0, 0.1) is 17.7 Å². The summed E-state index contributed by atoms with van der Waals surface area (Å²) in [7, 11) is 1.47. The monoisotopic (exact) mass is 252 g/mol. The van der Waals surface area contributed by atoms with Gasteiger partial charge in [-0.3, -0.25) is 0 Å². The highest BCUT2D eigenvalue weighted by molar-refractivity contribution is 5.31. The number of aliphatic hydroxyl groups excluding tert-OH is 1. The smallest absolute Gasteiger partial charge is 0.168 e. The molecule has 100 valence electrons. The molecule has 1 aromatic carbocycles. The van der Waals surface area contributed by atoms with Crippen LogP contribution in [0.15, 0.2) is 18.2 Å². The number of aliphatic hydroxyl groups is 1. The van der Waals surface area contributed by atoms with Crippen LogP contribution in [0.4, 0.5) is 4.39 Å². The molecule has 2 rings (SSSR count). The van der Waals surface area contributed by atoms with Crippen molar-refractivity contribution in [2.45, 2.75) is 32.1 Å². The van der Waals surface area contributed by atoms with Gasteiger partial charge in [-0.15, -0.1) is 0 Å². The molecule has 1 saturated carbocycles. The first-order valence-corrected chi connectivity index (χ1v) is 6.68. The van der Waals surface area contributed by atoms with Gasteiger partial charge in [0.2, 0.25) is 0 Å². The third-order valence-electron chi connectivity index (χ3n) is 4.05. The summed E-state index contributed by atoms with van der Waals surface area (Å²) >= 11 is 0. The number of hydrogen-bond donors (Lipinski definition) is 1. The minimum absolute atomic E-state index is 0.140. The summed E-state index contributed by atoms with van der Waals surface area (Å²) in [5, 5.41) is 9.51. The van der Waals surface area contributed by atoms with Crippen LogP contribution in [-0.2, 0) is 6.42 Å². The van der Waals surface area contributed by atoms with Gasteiger partial charge >= 0.3 is 0 Å². The van der Waals surface area contributed by atoms with Crippen molar-refractivity contribution in [1.29, 1.82) is 0 Å². The first kappa shape index (κ1) is 13.3. The molecule has 3 heteroatoms. The quantitative estimate of drug-likeness (QED) is 0.872. The van der Waals surface area contributed by atoms with E-state index in [0.29, 0.717) is 17.9 Å². The molecule has 0 spiro atoms. The van der Waals surface area contributed by atoms with Gasteiger partial charge in [0.15, 0.2) is 11.6 Å². The molecule has 0 aromatic heterocycles. The van der Waals surface area contributed by atoms with Crippen LogP contribution < -0.4 is 4.74 Å². The fraction of sp³-hybridized carbons (Fsp3) is 0.600. The maximum Gasteiger partial charge on any atom is 0.168 e. The molecule has 0 heterocycles. The Kier molecular flexibility index (Phi) is 4.59. The number of benzene rings is 1. The molecule has 0 bridgehead atoms. The van der Waals surface area contributed by atoms with Crippen molar-refractivity contribution in [2.75, 3.05) is 13.7 Å². The van der Waals surface area contributed by atoms with Crippen molar-refractivity contribution >= 4 is 0 Å². The summed E-state index contributed by atoms with van der Waals surface area (Å²) in [6, 6.07) is 5.22. The lowest BCUT2D eigenvalue weighted by atomic mass is 9.86. The average Bonchev–Trinajstić information content (AvgIpc) is 2.91. The number of rotatable bonds is 5. The third kappa shape index (κ3) is 2.83. The van der Waals surface area contributed by atoms with E-state index in [1.807, 2.05) is 0 Å². The largest absolute Gasteiger partial charge is 0.494 e. The standard InChI is InChI=1S/C15H21FO2/c1-18-14-8-4-7-12(15(14)16)9-13(10-17)11-5-2-3-6-11/h4,7-8,11,13,17H,2-3,5-6,9-10H2,1H3. The van der Waals surface area contributed by atoms with Gasteiger partial charge in [-0.1, -0.05) is 37.8 Å². The van der Waals surface area contributed by atoms with E-state index in [9.17, 15) is 9.50 Å². The second kappa shape index (κ2) is 6.19. The van der Waals surface area contributed by atoms with Gasteiger partial charge < -0.3 is 9.84 Å². The Morgan fingerprint density at radius 3 is 2.72 bits per heavy atom. The SMILES string of the molecule is COc1cccc(CC(CO)C2CCCC2)c1F. The Morgan fingerprint density at radius 2 is 2.11 bits per heavy atom. The molecule has 18 heavy (non-hydrogen) atoms. The second-order valence-corrected chi connectivity index (χ2v) is 5.12. The lowest BCUT2D eigenvalue weighted by Crippen LogP contribution is -2.19. The van der Waals surface area contributed by atoms with E-state index >= 15 is 0 Å². The normalized spacial score (nSPS) is 17.9. The van der Waals surface area contributed by atoms with E-state index in [1.54, 1.807) is 18.2 Å². The van der Waals surface area contributed by atoms with Gasteiger partial charge in [-0.2, -0.15) is 0 Å². The summed E-state index contributed by atoms with van der Waals surface area (Å²) < 4.78 is 19.0. The molecule has 1 aliphatic carbocycles. The molecule has 1 aliphatic rings. The van der Waals surface area contributed by atoms with E-state index in [2.05, 4.69) is 0 Å². The highest BCUT2D eigenvalue weighted by Crippen LogP contribution is 2.34. The average molecular weight is 252 g/mol. The van der Waals surface area contributed by atoms with Gasteiger partial charge in [-0.05, 0) is 29.9 Å². The molecule has 1 N–H and O–H groups in total. The predicted octanol–water partition coefficient (Wildman–Crippen LogP) is 3.18. The van der Waals surface area contributed by atoms with Crippen LogP contribution >= 0.6 is 0 Å². The molecule has 1 fully saturated rings. The Labute approximate surface area is 108 Å². The third-order valence-corrected chi connectivity index (χ3v) is 4.05. The molecule has 2 nitrogen and oxygen atoms in total. The molecule has 0 saturated heterocycles. The second-order valence-electron chi connectivity index (χ2n) is 5.12. The predicted molar refractivity (Wildman–Crippen MR) is 69.2 cm³/mol. The van der Waals surface area contributed by atoms with Crippen molar-refractivity contribution in [3.8, 4) is 5.75 Å². The molecular formula is C15H21FO2. The molecule has 1 unspecified atom stereocenters. The lowest BCUT2D eigenvalue weighted by molar-refractivity contribution is 0.174. The Hall–Kier alpha value is -1.09. The van der Waals surface area contributed by atoms with Gasteiger partial charge in [0.25, 0.3) is 0 Å². The topological polar surface area (TPSA) is 29.5 Å². The number of hydrogen-bond acceptors (Lipinski definition) is 2. The van der Waals surface area contributed by atoms with Gasteiger partial charge in [0, 0.05) is 6.61 Å². The van der Waals surface area contributed by atoms with Crippen molar-refractivity contribution in [3.05, 3.63) is 29.6 Å². The molecule has 1 aromatic rings. The highest BCUT2D eigenvalue weighted by Gasteiger charge is 2.25. The summed E-state index contributed by atoms with van der Waals surface area (Å²) in [6.07, 6.45) is 5.40. The Morgan fingerprint density at radius 1 is 1.39 bits per heavy atom. The Balaban J connectivity index is 2.11. The van der Waals surface area contributed by atoms with Crippen molar-refractivity contribution in [3.63, 3.8) is 0 Å². The molecule has 0 amide bonds. The van der Waals surface area contributed by atoms with Crippen molar-refractivity contribution < 1.29 is 14.2 Å². The van der Waals surface area contributed by atoms with E-state index in [0.717, 1.165) is 12.8 Å². The zero-order valence-corrected chi connectivity index (χ0v) is 10.9. The molecule has 0 aliphatic heterocycles. The van der Waals surface area contributed by atoms with E-state index in [1.165, 1.54) is 20.0 Å². The van der Waals surface area contributed by atoms with Gasteiger partial charge in [0.05, 0.1) is 7.11 Å². The minimum Gasteiger partial charge on any atom is -0.494 e. The van der Waals surface area contributed by atoms with Crippen LogP contribution in [0.3, 0.4) is 0 Å². The number of halogens is 1. The maximum absolute atomic E-state index is 14.0. The highest BCUT2D eigenvalue weighted by atomic mass is 19.1. The number of methoxy groups -OCH3 is 1. The van der Waals surface area contributed by atoms with Crippen LogP contribution in [0.2, 0.25) is 0 Å².